The molecule has 0 fully saturated rings. The van der Waals surface area contributed by atoms with Crippen molar-refractivity contribution in [2.75, 3.05) is 13.2 Å². The molecule has 0 atom stereocenters. The number of nitrogens with zero attached hydrogens (tertiary/aromatic N) is 1. The second-order valence-corrected chi connectivity index (χ2v) is 4.44. The highest BCUT2D eigenvalue weighted by atomic mass is 19.4. The number of amides is 2. The van der Waals surface area contributed by atoms with Crippen LogP contribution in [0.15, 0.2) is 30.3 Å². The zero-order chi connectivity index (χ0) is 18.5. The minimum Gasteiger partial charge on any atom is -0.465 e. The molecule has 0 unspecified atom stereocenters. The Labute approximate surface area is 133 Å². The van der Waals surface area contributed by atoms with Crippen LogP contribution in [0.25, 0.3) is 0 Å². The van der Waals surface area contributed by atoms with Gasteiger partial charge in [-0.15, -0.1) is 0 Å². The Morgan fingerprint density at radius 1 is 1.04 bits per heavy atom. The van der Waals surface area contributed by atoms with E-state index < -0.39 is 41.3 Å². The monoisotopic (exact) mass is 353 g/mol. The van der Waals surface area contributed by atoms with Crippen LogP contribution in [0.1, 0.15) is 17.3 Å². The van der Waals surface area contributed by atoms with Crippen LogP contribution in [0.2, 0.25) is 0 Å². The molecule has 0 aliphatic carbocycles. The summed E-state index contributed by atoms with van der Waals surface area (Å²) < 4.78 is 68.0. The zero-order valence-corrected chi connectivity index (χ0v) is 12.3. The first-order valence-electron chi connectivity index (χ1n) is 6.53. The fourth-order valence-corrected chi connectivity index (χ4v) is 1.60. The molecule has 132 valence electrons. The molecule has 0 radical (unpaired) electrons. The first kappa shape index (κ1) is 19.5. The molecule has 1 aromatic rings. The second-order valence-electron chi connectivity index (χ2n) is 4.44. The molecule has 1 rings (SSSR count). The lowest BCUT2D eigenvalue weighted by Crippen LogP contribution is -2.55. The molecular weight excluding hydrogens is 341 g/mol. The molecule has 0 spiro atoms. The van der Waals surface area contributed by atoms with Crippen LogP contribution in [-0.4, -0.2) is 47.9 Å². The average molecular weight is 353 g/mol. The molecule has 2 amide bonds. The number of esters is 1. The normalized spacial score (nSPS) is 11.8. The number of halogens is 5. The summed E-state index contributed by atoms with van der Waals surface area (Å²) in [6, 6.07) is 6.27. The van der Waals surface area contributed by atoms with Crippen LogP contribution < -0.4 is 0 Å². The summed E-state index contributed by atoms with van der Waals surface area (Å²) in [6.07, 6.45) is -6.21. The number of carbonyl (C=O) groups excluding carboxylic acids is 3. The number of alkyl halides is 5. The van der Waals surface area contributed by atoms with E-state index in [1.807, 2.05) is 0 Å². The quantitative estimate of drug-likeness (QED) is 0.602. The molecule has 0 aliphatic heterocycles. The summed E-state index contributed by atoms with van der Waals surface area (Å²) in [5, 5.41) is 0. The molecular formula is C14H12F5NO4. The molecule has 0 aromatic heterocycles. The van der Waals surface area contributed by atoms with Crippen LogP contribution in [0, 0.1) is 0 Å². The van der Waals surface area contributed by atoms with Crippen molar-refractivity contribution in [3.05, 3.63) is 35.9 Å². The summed E-state index contributed by atoms with van der Waals surface area (Å²) in [5.41, 5.74) is -0.340. The molecule has 0 heterocycles. The zero-order valence-electron chi connectivity index (χ0n) is 12.3. The minimum absolute atomic E-state index is 0.212. The molecule has 10 heteroatoms. The third-order valence-electron chi connectivity index (χ3n) is 2.73. The summed E-state index contributed by atoms with van der Waals surface area (Å²) in [5.74, 6) is -11.5. The van der Waals surface area contributed by atoms with Crippen molar-refractivity contribution < 1.29 is 41.1 Å². The largest absolute Gasteiger partial charge is 0.465 e. The number of carbonyl (C=O) groups is 3. The maximum absolute atomic E-state index is 13.3. The van der Waals surface area contributed by atoms with E-state index in [-0.39, 0.29) is 12.2 Å². The van der Waals surface area contributed by atoms with Crippen LogP contribution in [0.3, 0.4) is 0 Å². The van der Waals surface area contributed by atoms with Crippen molar-refractivity contribution in [3.63, 3.8) is 0 Å². The van der Waals surface area contributed by atoms with Crippen molar-refractivity contribution in [1.29, 1.82) is 0 Å². The average Bonchev–Trinajstić information content (AvgIpc) is 2.51. The van der Waals surface area contributed by atoms with E-state index in [1.165, 1.54) is 25.1 Å². The van der Waals surface area contributed by atoms with Gasteiger partial charge in [0.1, 0.15) is 6.54 Å². The van der Waals surface area contributed by atoms with E-state index >= 15 is 0 Å². The van der Waals surface area contributed by atoms with Gasteiger partial charge in [0.05, 0.1) is 6.61 Å². The van der Waals surface area contributed by atoms with E-state index in [2.05, 4.69) is 4.74 Å². The van der Waals surface area contributed by atoms with Gasteiger partial charge in [0.25, 0.3) is 5.91 Å². The van der Waals surface area contributed by atoms with Gasteiger partial charge < -0.3 is 4.74 Å². The number of imide groups is 1. The van der Waals surface area contributed by atoms with E-state index in [0.717, 1.165) is 12.1 Å². The second kappa shape index (κ2) is 7.37. The van der Waals surface area contributed by atoms with Crippen LogP contribution in [0.4, 0.5) is 22.0 Å². The third kappa shape index (κ3) is 4.27. The van der Waals surface area contributed by atoms with E-state index in [9.17, 15) is 36.3 Å². The number of rotatable bonds is 5. The Balaban J connectivity index is 3.21. The smallest absolute Gasteiger partial charge is 0.463 e. The summed E-state index contributed by atoms with van der Waals surface area (Å²) >= 11 is 0. The number of benzene rings is 1. The highest BCUT2D eigenvalue weighted by molar-refractivity contribution is 6.08. The predicted octanol–water partition coefficient (Wildman–Crippen LogP) is 2.42. The summed E-state index contributed by atoms with van der Waals surface area (Å²) in [6.45, 7) is -0.227. The molecule has 0 bridgehead atoms. The van der Waals surface area contributed by atoms with Gasteiger partial charge in [0.15, 0.2) is 0 Å². The van der Waals surface area contributed by atoms with Crippen molar-refractivity contribution in [2.45, 2.75) is 19.0 Å². The minimum atomic E-state index is -6.21. The van der Waals surface area contributed by atoms with E-state index in [1.54, 1.807) is 0 Å². The maximum Gasteiger partial charge on any atom is 0.463 e. The molecule has 0 saturated carbocycles. The molecule has 0 N–H and O–H groups in total. The Hall–Kier alpha value is -2.52. The lowest BCUT2D eigenvalue weighted by atomic mass is 10.1. The van der Waals surface area contributed by atoms with Gasteiger partial charge in [-0.1, -0.05) is 18.2 Å². The molecule has 1 aromatic carbocycles. The summed E-state index contributed by atoms with van der Waals surface area (Å²) in [7, 11) is 0. The Morgan fingerprint density at radius 3 is 2.04 bits per heavy atom. The Bertz CT molecular complexity index is 615. The SMILES string of the molecule is CCOC(=O)CN(C(=O)c1ccccc1)C(=O)C(F)(F)C(F)(F)F. The first-order chi connectivity index (χ1) is 11.0. The predicted molar refractivity (Wildman–Crippen MR) is 70.1 cm³/mol. The van der Waals surface area contributed by atoms with Crippen molar-refractivity contribution in [3.8, 4) is 0 Å². The van der Waals surface area contributed by atoms with Gasteiger partial charge in [-0.05, 0) is 19.1 Å². The fourth-order valence-electron chi connectivity index (χ4n) is 1.60. The maximum atomic E-state index is 13.3. The Kier molecular flexibility index (Phi) is 5.99. The topological polar surface area (TPSA) is 63.7 Å². The first-order valence-corrected chi connectivity index (χ1v) is 6.53. The van der Waals surface area contributed by atoms with Gasteiger partial charge in [-0.25, -0.2) is 0 Å². The number of hydrogen-bond donors (Lipinski definition) is 0. The van der Waals surface area contributed by atoms with Crippen molar-refractivity contribution in [2.24, 2.45) is 0 Å². The highest BCUT2D eigenvalue weighted by Gasteiger charge is 2.65. The number of ether oxygens (including phenoxy) is 1. The fraction of sp³-hybridized carbons (Fsp3) is 0.357. The van der Waals surface area contributed by atoms with Gasteiger partial charge in [-0.3, -0.25) is 19.3 Å². The number of hydrogen-bond acceptors (Lipinski definition) is 4. The third-order valence-corrected chi connectivity index (χ3v) is 2.73. The Morgan fingerprint density at radius 2 is 1.58 bits per heavy atom. The highest BCUT2D eigenvalue weighted by Crippen LogP contribution is 2.37. The summed E-state index contributed by atoms with van der Waals surface area (Å²) in [4.78, 5) is 34.6. The van der Waals surface area contributed by atoms with Crippen LogP contribution in [0.5, 0.6) is 0 Å². The van der Waals surface area contributed by atoms with Gasteiger partial charge >= 0.3 is 24.0 Å². The standard InChI is InChI=1S/C14H12F5NO4/c1-2-24-10(21)8-20(11(22)9-6-4-3-5-7-9)12(23)13(15,16)14(17,18)19/h3-7H,2,8H2,1H3. The molecule has 0 saturated heterocycles. The van der Waals surface area contributed by atoms with E-state index in [4.69, 9.17) is 0 Å². The molecule has 5 nitrogen and oxygen atoms in total. The molecule has 24 heavy (non-hydrogen) atoms. The van der Waals surface area contributed by atoms with Gasteiger partial charge in [-0.2, -0.15) is 22.0 Å². The lowest BCUT2D eigenvalue weighted by molar-refractivity contribution is -0.273. The van der Waals surface area contributed by atoms with Crippen LogP contribution >= 0.6 is 0 Å². The van der Waals surface area contributed by atoms with E-state index in [0.29, 0.717) is 0 Å². The van der Waals surface area contributed by atoms with Crippen molar-refractivity contribution in [1.82, 2.24) is 4.90 Å². The van der Waals surface area contributed by atoms with Crippen molar-refractivity contribution >= 4 is 17.8 Å². The van der Waals surface area contributed by atoms with Crippen LogP contribution in [-0.2, 0) is 14.3 Å². The lowest BCUT2D eigenvalue weighted by Gasteiger charge is -2.26. The molecule has 0 aliphatic rings. The van der Waals surface area contributed by atoms with Gasteiger partial charge in [0, 0.05) is 5.56 Å². The van der Waals surface area contributed by atoms with Gasteiger partial charge in [0.2, 0.25) is 0 Å².